The second-order valence-corrected chi connectivity index (χ2v) is 21.0. The molecule has 0 saturated carbocycles. The van der Waals surface area contributed by atoms with E-state index in [0.29, 0.717) is 19.3 Å². The molecule has 0 N–H and O–H groups in total. The van der Waals surface area contributed by atoms with Gasteiger partial charge in [-0.2, -0.15) is 0 Å². The Balaban J connectivity index is 4.14. The number of hydrogen-bond acceptors (Lipinski definition) is 6. The Morgan fingerprint density at radius 1 is 0.288 bits per heavy atom. The average molecular weight is 1020 g/mol. The third-order valence-corrected chi connectivity index (χ3v) is 13.7. The Hall–Kier alpha value is -3.15. The normalized spacial score (nSPS) is 12.5. The molecular weight excluding hydrogens is 901 g/mol. The Kier molecular flexibility index (Phi) is 58.7. The lowest BCUT2D eigenvalue weighted by Crippen LogP contribution is -2.30. The molecule has 1 atom stereocenters. The first-order chi connectivity index (χ1) is 36.0. The largest absolute Gasteiger partial charge is 0.462 e. The number of unbranched alkanes of at least 4 members (excludes halogenated alkanes) is 34. The maximum Gasteiger partial charge on any atom is 0.306 e. The number of ether oxygens (including phenoxy) is 3. The molecule has 0 aromatic rings. The highest BCUT2D eigenvalue weighted by Crippen LogP contribution is 2.17. The third kappa shape index (κ3) is 59.6. The van der Waals surface area contributed by atoms with Crippen LogP contribution in [-0.2, 0) is 28.6 Å². The van der Waals surface area contributed by atoms with Crippen molar-refractivity contribution in [1.29, 1.82) is 0 Å². The second-order valence-electron chi connectivity index (χ2n) is 21.0. The predicted molar refractivity (Wildman–Crippen MR) is 316 cm³/mol. The molecule has 73 heavy (non-hydrogen) atoms. The van der Waals surface area contributed by atoms with Crippen LogP contribution in [0.3, 0.4) is 0 Å². The first kappa shape index (κ1) is 69.8. The number of esters is 3. The first-order valence-corrected chi connectivity index (χ1v) is 31.4. The Morgan fingerprint density at radius 3 is 0.836 bits per heavy atom. The summed E-state index contributed by atoms with van der Waals surface area (Å²) in [6, 6.07) is 0. The summed E-state index contributed by atoms with van der Waals surface area (Å²) in [5, 5.41) is 0. The summed E-state index contributed by atoms with van der Waals surface area (Å²) in [7, 11) is 0. The van der Waals surface area contributed by atoms with Crippen molar-refractivity contribution in [1.82, 2.24) is 0 Å². The van der Waals surface area contributed by atoms with Gasteiger partial charge in [-0.3, -0.25) is 14.4 Å². The van der Waals surface area contributed by atoms with Crippen molar-refractivity contribution in [2.45, 2.75) is 322 Å². The summed E-state index contributed by atoms with van der Waals surface area (Å²) in [4.78, 5) is 38.1. The molecule has 6 heteroatoms. The van der Waals surface area contributed by atoms with E-state index in [1.54, 1.807) is 0 Å². The fourth-order valence-electron chi connectivity index (χ4n) is 9.04. The van der Waals surface area contributed by atoms with E-state index in [4.69, 9.17) is 14.2 Å². The van der Waals surface area contributed by atoms with Crippen LogP contribution in [-0.4, -0.2) is 37.2 Å². The molecule has 0 aliphatic rings. The highest BCUT2D eigenvalue weighted by molar-refractivity contribution is 5.71. The molecular formula is C67H118O6. The van der Waals surface area contributed by atoms with Gasteiger partial charge in [-0.1, -0.05) is 299 Å². The molecule has 0 bridgehead atoms. The lowest BCUT2D eigenvalue weighted by Gasteiger charge is -2.18. The third-order valence-electron chi connectivity index (χ3n) is 13.7. The van der Waals surface area contributed by atoms with E-state index in [2.05, 4.69) is 93.7 Å². The molecule has 0 aromatic carbocycles. The van der Waals surface area contributed by atoms with E-state index < -0.39 is 6.10 Å². The number of rotatable bonds is 57. The Bertz CT molecular complexity index is 1360. The van der Waals surface area contributed by atoms with E-state index in [9.17, 15) is 14.4 Å². The zero-order chi connectivity index (χ0) is 52.9. The molecule has 6 nitrogen and oxygen atoms in total. The minimum absolute atomic E-state index is 0.0699. The van der Waals surface area contributed by atoms with Gasteiger partial charge in [-0.25, -0.2) is 0 Å². The second kappa shape index (κ2) is 61.4. The maximum absolute atomic E-state index is 12.8. The van der Waals surface area contributed by atoms with Crippen molar-refractivity contribution in [3.8, 4) is 0 Å². The van der Waals surface area contributed by atoms with Gasteiger partial charge in [0.25, 0.3) is 0 Å². The van der Waals surface area contributed by atoms with Crippen LogP contribution in [0.5, 0.6) is 0 Å². The van der Waals surface area contributed by atoms with Gasteiger partial charge < -0.3 is 14.2 Å². The molecule has 0 heterocycles. The summed E-state index contributed by atoms with van der Waals surface area (Å²) in [5.74, 6) is -0.858. The summed E-state index contributed by atoms with van der Waals surface area (Å²) in [6.07, 6.45) is 79.1. The van der Waals surface area contributed by atoms with E-state index in [0.717, 1.165) is 96.3 Å². The summed E-state index contributed by atoms with van der Waals surface area (Å²) >= 11 is 0. The molecule has 0 rings (SSSR count). The minimum Gasteiger partial charge on any atom is -0.462 e. The van der Waals surface area contributed by atoms with E-state index in [-0.39, 0.29) is 31.1 Å². The Labute approximate surface area is 453 Å². The molecule has 0 aliphatic carbocycles. The van der Waals surface area contributed by atoms with Crippen molar-refractivity contribution in [2.24, 2.45) is 0 Å². The number of allylic oxidation sites excluding steroid dienone is 12. The zero-order valence-corrected chi connectivity index (χ0v) is 48.4. The van der Waals surface area contributed by atoms with Crippen LogP contribution in [0.15, 0.2) is 72.9 Å². The van der Waals surface area contributed by atoms with Crippen molar-refractivity contribution in [3.05, 3.63) is 72.9 Å². The van der Waals surface area contributed by atoms with Gasteiger partial charge >= 0.3 is 17.9 Å². The standard InChI is InChI=1S/C67H118O6/c1-4-7-10-13-16-19-22-24-25-26-27-28-29-30-31-32-33-34-35-36-37-38-39-40-41-43-45-48-51-54-57-60-66(69)72-63-64(62-71-65(68)59-56-53-50-47-44-21-18-15-12-9-6-3)73-67(70)61-58-55-52-49-46-42-23-20-17-14-11-8-5-2/h7,10,16,19,24-25,27-28,30-31,33-34,64H,4-6,8-9,11-15,17-18,20-23,26,29,32,35-63H2,1-3H3/b10-7-,19-16-,25-24-,28-27-,31-30-,34-33-. The Morgan fingerprint density at radius 2 is 0.534 bits per heavy atom. The van der Waals surface area contributed by atoms with Crippen molar-refractivity contribution < 1.29 is 28.6 Å². The van der Waals surface area contributed by atoms with Gasteiger partial charge in [0.1, 0.15) is 13.2 Å². The topological polar surface area (TPSA) is 78.9 Å². The van der Waals surface area contributed by atoms with Crippen LogP contribution in [0.25, 0.3) is 0 Å². The van der Waals surface area contributed by atoms with Crippen LogP contribution in [0.4, 0.5) is 0 Å². The molecule has 0 fully saturated rings. The molecule has 1 unspecified atom stereocenters. The van der Waals surface area contributed by atoms with Gasteiger partial charge in [-0.05, 0) is 70.6 Å². The quantitative estimate of drug-likeness (QED) is 0.0261. The highest BCUT2D eigenvalue weighted by atomic mass is 16.6. The van der Waals surface area contributed by atoms with Crippen LogP contribution >= 0.6 is 0 Å². The molecule has 422 valence electrons. The lowest BCUT2D eigenvalue weighted by atomic mass is 10.0. The number of carbonyl (C=O) groups is 3. The molecule has 0 radical (unpaired) electrons. The van der Waals surface area contributed by atoms with E-state index >= 15 is 0 Å². The van der Waals surface area contributed by atoms with Crippen molar-refractivity contribution >= 4 is 17.9 Å². The molecule has 0 saturated heterocycles. The summed E-state index contributed by atoms with van der Waals surface area (Å²) < 4.78 is 16.9. The fraction of sp³-hybridized carbons (Fsp3) is 0.776. The predicted octanol–water partition coefficient (Wildman–Crippen LogP) is 21.3. The zero-order valence-electron chi connectivity index (χ0n) is 48.4. The molecule has 0 aliphatic heterocycles. The van der Waals surface area contributed by atoms with Gasteiger partial charge in [0.05, 0.1) is 0 Å². The van der Waals surface area contributed by atoms with E-state index in [1.165, 1.54) is 180 Å². The fourth-order valence-corrected chi connectivity index (χ4v) is 9.04. The molecule has 0 aromatic heterocycles. The summed E-state index contributed by atoms with van der Waals surface area (Å²) in [5.41, 5.74) is 0. The van der Waals surface area contributed by atoms with Crippen LogP contribution in [0.2, 0.25) is 0 Å². The lowest BCUT2D eigenvalue weighted by molar-refractivity contribution is -0.167. The van der Waals surface area contributed by atoms with Crippen LogP contribution < -0.4 is 0 Å². The average Bonchev–Trinajstić information content (AvgIpc) is 3.39. The smallest absolute Gasteiger partial charge is 0.306 e. The molecule has 0 spiro atoms. The van der Waals surface area contributed by atoms with Crippen LogP contribution in [0, 0.1) is 0 Å². The number of hydrogen-bond donors (Lipinski definition) is 0. The monoisotopic (exact) mass is 1020 g/mol. The first-order valence-electron chi connectivity index (χ1n) is 31.4. The van der Waals surface area contributed by atoms with Gasteiger partial charge in [0.2, 0.25) is 0 Å². The van der Waals surface area contributed by atoms with Crippen molar-refractivity contribution in [3.63, 3.8) is 0 Å². The van der Waals surface area contributed by atoms with Crippen molar-refractivity contribution in [2.75, 3.05) is 13.2 Å². The van der Waals surface area contributed by atoms with Crippen LogP contribution in [0.1, 0.15) is 316 Å². The highest BCUT2D eigenvalue weighted by Gasteiger charge is 2.19. The number of carbonyl (C=O) groups excluding carboxylic acids is 3. The SMILES string of the molecule is CC/C=C\C/C=C\C/C=C\C/C=C\C/C=C\C/C=C\CCCCCCCCCCCCCCC(=O)OCC(COC(=O)CCCCCCCCCCCCC)OC(=O)CCCCCCCCCCCCCCC. The minimum atomic E-state index is -0.770. The molecule has 0 amide bonds. The van der Waals surface area contributed by atoms with E-state index in [1.807, 2.05) is 0 Å². The maximum atomic E-state index is 12.8. The van der Waals surface area contributed by atoms with Gasteiger partial charge in [0.15, 0.2) is 6.10 Å². The van der Waals surface area contributed by atoms with Gasteiger partial charge in [0, 0.05) is 19.3 Å². The summed E-state index contributed by atoms with van der Waals surface area (Å²) in [6.45, 7) is 6.55. The van der Waals surface area contributed by atoms with Gasteiger partial charge in [-0.15, -0.1) is 0 Å².